The average molecular weight is 270 g/mol. The van der Waals surface area contributed by atoms with Gasteiger partial charge in [-0.25, -0.2) is 9.97 Å². The molecule has 0 radical (unpaired) electrons. The SMILES string of the molecule is N#Cc1c2ncnc(-c3ccccc3)c2n2ccccc12. The number of nitriles is 1. The van der Waals surface area contributed by atoms with Crippen LogP contribution in [-0.2, 0) is 0 Å². The molecule has 0 aliphatic heterocycles. The Balaban J connectivity index is 2.23. The summed E-state index contributed by atoms with van der Waals surface area (Å²) in [5, 5.41) is 9.46. The quantitative estimate of drug-likeness (QED) is 0.532. The minimum Gasteiger partial charge on any atom is -0.312 e. The maximum Gasteiger partial charge on any atom is 0.116 e. The van der Waals surface area contributed by atoms with Crippen molar-refractivity contribution in [2.24, 2.45) is 0 Å². The first-order valence-corrected chi connectivity index (χ1v) is 6.59. The summed E-state index contributed by atoms with van der Waals surface area (Å²) in [5.74, 6) is 0. The van der Waals surface area contributed by atoms with E-state index in [4.69, 9.17) is 0 Å². The van der Waals surface area contributed by atoms with Gasteiger partial charge in [0.15, 0.2) is 0 Å². The molecule has 4 nitrogen and oxygen atoms in total. The lowest BCUT2D eigenvalue weighted by Gasteiger charge is -2.03. The molecule has 4 heteroatoms. The summed E-state index contributed by atoms with van der Waals surface area (Å²) in [6.07, 6.45) is 3.46. The van der Waals surface area contributed by atoms with Gasteiger partial charge in [-0.3, -0.25) is 0 Å². The predicted molar refractivity (Wildman–Crippen MR) is 80.6 cm³/mol. The van der Waals surface area contributed by atoms with E-state index in [1.165, 1.54) is 6.33 Å². The third-order valence-corrected chi connectivity index (χ3v) is 3.58. The van der Waals surface area contributed by atoms with Crippen molar-refractivity contribution in [1.82, 2.24) is 14.4 Å². The summed E-state index contributed by atoms with van der Waals surface area (Å²) in [5.41, 5.74) is 4.85. The summed E-state index contributed by atoms with van der Waals surface area (Å²) in [6.45, 7) is 0. The van der Waals surface area contributed by atoms with Crippen molar-refractivity contribution < 1.29 is 0 Å². The lowest BCUT2D eigenvalue weighted by atomic mass is 10.1. The number of hydrogen-bond acceptors (Lipinski definition) is 3. The van der Waals surface area contributed by atoms with Crippen LogP contribution in [0.4, 0.5) is 0 Å². The molecule has 98 valence electrons. The second kappa shape index (κ2) is 4.43. The van der Waals surface area contributed by atoms with Crippen LogP contribution in [0, 0.1) is 11.3 Å². The summed E-state index contributed by atoms with van der Waals surface area (Å²) in [7, 11) is 0. The standard InChI is InChI=1S/C17H10N4/c18-10-13-14-8-4-5-9-21(14)17-15(19-11-20-16(13)17)12-6-2-1-3-7-12/h1-9,11H. The number of fused-ring (bicyclic) bond motifs is 3. The zero-order valence-electron chi connectivity index (χ0n) is 11.1. The first kappa shape index (κ1) is 11.6. The molecule has 3 heterocycles. The fourth-order valence-corrected chi connectivity index (χ4v) is 2.67. The average Bonchev–Trinajstić information content (AvgIpc) is 2.89. The van der Waals surface area contributed by atoms with Crippen molar-refractivity contribution in [3.63, 3.8) is 0 Å². The van der Waals surface area contributed by atoms with E-state index in [1.54, 1.807) is 0 Å². The molecule has 1 aromatic carbocycles. The molecule has 0 aliphatic carbocycles. The summed E-state index contributed by atoms with van der Waals surface area (Å²) in [4.78, 5) is 8.75. The van der Waals surface area contributed by atoms with Crippen molar-refractivity contribution in [3.8, 4) is 17.3 Å². The van der Waals surface area contributed by atoms with Crippen molar-refractivity contribution in [3.05, 3.63) is 66.6 Å². The molecule has 21 heavy (non-hydrogen) atoms. The zero-order valence-corrected chi connectivity index (χ0v) is 11.1. The maximum absolute atomic E-state index is 9.46. The molecule has 4 rings (SSSR count). The van der Waals surface area contributed by atoms with Crippen LogP contribution >= 0.6 is 0 Å². The molecule has 4 aromatic rings. The second-order valence-electron chi connectivity index (χ2n) is 4.73. The van der Waals surface area contributed by atoms with Crippen LogP contribution in [0.1, 0.15) is 5.56 Å². The molecular formula is C17H10N4. The Hall–Kier alpha value is -3.19. The van der Waals surface area contributed by atoms with E-state index < -0.39 is 0 Å². The fourth-order valence-electron chi connectivity index (χ4n) is 2.67. The molecule has 0 spiro atoms. The fraction of sp³-hybridized carbons (Fsp3) is 0. The van der Waals surface area contributed by atoms with Crippen molar-refractivity contribution in [2.45, 2.75) is 0 Å². The van der Waals surface area contributed by atoms with Crippen LogP contribution in [0.5, 0.6) is 0 Å². The first-order valence-electron chi connectivity index (χ1n) is 6.59. The van der Waals surface area contributed by atoms with Crippen molar-refractivity contribution in [2.75, 3.05) is 0 Å². The highest BCUT2D eigenvalue weighted by Crippen LogP contribution is 2.30. The Morgan fingerprint density at radius 1 is 0.952 bits per heavy atom. The van der Waals surface area contributed by atoms with Gasteiger partial charge in [-0.2, -0.15) is 5.26 Å². The van der Waals surface area contributed by atoms with Crippen LogP contribution in [0.3, 0.4) is 0 Å². The van der Waals surface area contributed by atoms with E-state index in [-0.39, 0.29) is 0 Å². The lowest BCUT2D eigenvalue weighted by Crippen LogP contribution is -1.91. The third kappa shape index (κ3) is 1.61. The van der Waals surface area contributed by atoms with E-state index >= 15 is 0 Å². The summed E-state index contributed by atoms with van der Waals surface area (Å²) < 4.78 is 1.98. The highest BCUT2D eigenvalue weighted by molar-refractivity contribution is 5.99. The monoisotopic (exact) mass is 270 g/mol. The molecule has 0 saturated heterocycles. The Morgan fingerprint density at radius 3 is 2.57 bits per heavy atom. The Morgan fingerprint density at radius 2 is 1.76 bits per heavy atom. The van der Waals surface area contributed by atoms with Crippen LogP contribution in [-0.4, -0.2) is 14.4 Å². The van der Waals surface area contributed by atoms with E-state index in [2.05, 4.69) is 16.0 Å². The van der Waals surface area contributed by atoms with E-state index in [1.807, 2.05) is 59.1 Å². The van der Waals surface area contributed by atoms with Gasteiger partial charge in [-0.1, -0.05) is 36.4 Å². The normalized spacial score (nSPS) is 10.8. The highest BCUT2D eigenvalue weighted by atomic mass is 15.0. The van der Waals surface area contributed by atoms with Gasteiger partial charge in [-0.05, 0) is 12.1 Å². The molecule has 0 bridgehead atoms. The van der Waals surface area contributed by atoms with Gasteiger partial charge >= 0.3 is 0 Å². The van der Waals surface area contributed by atoms with Crippen LogP contribution in [0.15, 0.2) is 61.1 Å². The van der Waals surface area contributed by atoms with Crippen molar-refractivity contribution in [1.29, 1.82) is 5.26 Å². The number of rotatable bonds is 1. The third-order valence-electron chi connectivity index (χ3n) is 3.58. The van der Waals surface area contributed by atoms with Gasteiger partial charge in [0.2, 0.25) is 0 Å². The molecule has 0 aliphatic rings. The molecule has 0 unspecified atom stereocenters. The predicted octanol–water partition coefficient (Wildman–Crippen LogP) is 3.42. The number of aromatic nitrogens is 3. The lowest BCUT2D eigenvalue weighted by molar-refractivity contribution is 1.19. The van der Waals surface area contributed by atoms with Gasteiger partial charge < -0.3 is 4.40 Å². The minimum absolute atomic E-state index is 0.588. The van der Waals surface area contributed by atoms with Gasteiger partial charge in [0, 0.05) is 11.8 Å². The molecule has 0 fully saturated rings. The smallest absolute Gasteiger partial charge is 0.116 e. The Kier molecular flexibility index (Phi) is 2.45. The second-order valence-corrected chi connectivity index (χ2v) is 4.73. The van der Waals surface area contributed by atoms with E-state index in [9.17, 15) is 5.26 Å². The topological polar surface area (TPSA) is 54.0 Å². The molecule has 0 amide bonds. The minimum atomic E-state index is 0.588. The highest BCUT2D eigenvalue weighted by Gasteiger charge is 2.16. The first-order chi connectivity index (χ1) is 10.4. The van der Waals surface area contributed by atoms with Crippen LogP contribution in [0.25, 0.3) is 27.8 Å². The zero-order chi connectivity index (χ0) is 14.2. The van der Waals surface area contributed by atoms with Crippen LogP contribution in [0.2, 0.25) is 0 Å². The van der Waals surface area contributed by atoms with Gasteiger partial charge in [0.1, 0.15) is 23.5 Å². The maximum atomic E-state index is 9.46. The Bertz CT molecular complexity index is 994. The Labute approximate surface area is 120 Å². The van der Waals surface area contributed by atoms with Gasteiger partial charge in [0.25, 0.3) is 0 Å². The molecule has 0 N–H and O–H groups in total. The summed E-state index contributed by atoms with van der Waals surface area (Å²) in [6, 6.07) is 18.0. The molecular weight excluding hydrogens is 260 g/mol. The summed E-state index contributed by atoms with van der Waals surface area (Å²) >= 11 is 0. The van der Waals surface area contributed by atoms with E-state index in [0.29, 0.717) is 11.1 Å². The van der Waals surface area contributed by atoms with Gasteiger partial charge in [-0.15, -0.1) is 0 Å². The number of benzene rings is 1. The largest absolute Gasteiger partial charge is 0.312 e. The van der Waals surface area contributed by atoms with E-state index in [0.717, 1.165) is 22.3 Å². The number of nitrogens with zero attached hydrogens (tertiary/aromatic N) is 4. The van der Waals surface area contributed by atoms with Gasteiger partial charge in [0.05, 0.1) is 16.7 Å². The van der Waals surface area contributed by atoms with Crippen molar-refractivity contribution >= 4 is 16.6 Å². The number of hydrogen-bond donors (Lipinski definition) is 0. The molecule has 3 aromatic heterocycles. The van der Waals surface area contributed by atoms with Crippen LogP contribution < -0.4 is 0 Å². The molecule has 0 saturated carbocycles. The number of pyridine rings is 1. The molecule has 0 atom stereocenters.